The van der Waals surface area contributed by atoms with Crippen LogP contribution in [0.3, 0.4) is 0 Å². The molecule has 0 saturated carbocycles. The Morgan fingerprint density at radius 3 is 1.17 bits per heavy atom. The van der Waals surface area contributed by atoms with Gasteiger partial charge in [-0.3, -0.25) is 9.59 Å². The van der Waals surface area contributed by atoms with Crippen LogP contribution in [0.4, 0.5) is 0 Å². The lowest BCUT2D eigenvalue weighted by Gasteiger charge is -2.22. The van der Waals surface area contributed by atoms with Crippen LogP contribution in [0.25, 0.3) is 0 Å². The van der Waals surface area contributed by atoms with Gasteiger partial charge in [-0.05, 0) is 57.8 Å². The summed E-state index contributed by atoms with van der Waals surface area (Å²) in [7, 11) is 0. The molecular weight excluding hydrogens is 803 g/mol. The van der Waals surface area contributed by atoms with Crippen LogP contribution in [0.1, 0.15) is 316 Å². The zero-order valence-corrected chi connectivity index (χ0v) is 43.7. The Labute approximate surface area is 405 Å². The fraction of sp³-hybridized carbons (Fsp3) is 0.898. The predicted octanol–water partition coefficient (Wildman–Crippen LogP) is 17.9. The lowest BCUT2D eigenvalue weighted by molar-refractivity contribution is -0.143. The number of carbonyl (C=O) groups is 2. The number of hydrogen-bond donors (Lipinski definition) is 3. The van der Waals surface area contributed by atoms with E-state index in [-0.39, 0.29) is 18.5 Å². The number of unbranched alkanes of at least 4 members (excludes halogenated alkanes) is 39. The van der Waals surface area contributed by atoms with Gasteiger partial charge in [0.25, 0.3) is 0 Å². The van der Waals surface area contributed by atoms with Crippen LogP contribution >= 0.6 is 0 Å². The van der Waals surface area contributed by atoms with E-state index in [1.54, 1.807) is 0 Å². The Hall–Kier alpha value is -1.66. The summed E-state index contributed by atoms with van der Waals surface area (Å²) in [6.45, 7) is 4.94. The number of rotatable bonds is 54. The predicted molar refractivity (Wildman–Crippen MR) is 283 cm³/mol. The molecule has 0 rings (SSSR count). The highest BCUT2D eigenvalue weighted by molar-refractivity contribution is 5.76. The van der Waals surface area contributed by atoms with Gasteiger partial charge in [-0.2, -0.15) is 0 Å². The first-order chi connectivity index (χ1) is 32.0. The van der Waals surface area contributed by atoms with Gasteiger partial charge in [-0.25, -0.2) is 0 Å². The Morgan fingerprint density at radius 1 is 0.431 bits per heavy atom. The molecule has 6 nitrogen and oxygen atoms in total. The highest BCUT2D eigenvalue weighted by Crippen LogP contribution is 2.17. The summed E-state index contributed by atoms with van der Waals surface area (Å²) in [6.07, 6.45) is 66.1. The zero-order valence-electron chi connectivity index (χ0n) is 43.7. The van der Waals surface area contributed by atoms with Crippen molar-refractivity contribution in [2.45, 2.75) is 328 Å². The van der Waals surface area contributed by atoms with E-state index in [0.29, 0.717) is 25.9 Å². The van der Waals surface area contributed by atoms with Gasteiger partial charge in [0.2, 0.25) is 5.91 Å². The second kappa shape index (κ2) is 54.9. The molecule has 65 heavy (non-hydrogen) atoms. The van der Waals surface area contributed by atoms with Gasteiger partial charge >= 0.3 is 5.97 Å². The van der Waals surface area contributed by atoms with Gasteiger partial charge in [0.15, 0.2) is 0 Å². The Balaban J connectivity index is 3.40. The van der Waals surface area contributed by atoms with Gasteiger partial charge in [-0.1, -0.05) is 269 Å². The molecule has 0 saturated heterocycles. The van der Waals surface area contributed by atoms with E-state index in [1.165, 1.54) is 238 Å². The number of aliphatic hydroxyl groups is 2. The van der Waals surface area contributed by atoms with Crippen molar-refractivity contribution in [3.63, 3.8) is 0 Å². The van der Waals surface area contributed by atoms with Gasteiger partial charge in [0.05, 0.1) is 25.4 Å². The molecule has 0 spiro atoms. The average molecular weight is 917 g/mol. The molecule has 6 heteroatoms. The largest absolute Gasteiger partial charge is 0.466 e. The highest BCUT2D eigenvalue weighted by atomic mass is 16.5. The molecule has 0 fully saturated rings. The van der Waals surface area contributed by atoms with E-state index in [0.717, 1.165) is 44.9 Å². The van der Waals surface area contributed by atoms with Gasteiger partial charge in [-0.15, -0.1) is 0 Å². The molecule has 0 aliphatic carbocycles. The van der Waals surface area contributed by atoms with Gasteiger partial charge in [0, 0.05) is 12.8 Å². The maximum absolute atomic E-state index is 12.4. The zero-order chi connectivity index (χ0) is 47.2. The average Bonchev–Trinajstić information content (AvgIpc) is 3.31. The van der Waals surface area contributed by atoms with Crippen LogP contribution in [0.2, 0.25) is 0 Å². The molecule has 0 aromatic rings. The van der Waals surface area contributed by atoms with E-state index >= 15 is 0 Å². The fourth-order valence-corrected chi connectivity index (χ4v) is 9.02. The number of amides is 1. The molecule has 0 radical (unpaired) electrons. The summed E-state index contributed by atoms with van der Waals surface area (Å²) >= 11 is 0. The molecule has 0 aromatic heterocycles. The first kappa shape index (κ1) is 63.3. The molecule has 0 aliphatic heterocycles. The molecule has 1 amide bonds. The molecular formula is C59H113NO5. The van der Waals surface area contributed by atoms with Crippen LogP contribution in [0.15, 0.2) is 24.3 Å². The van der Waals surface area contributed by atoms with Crippen molar-refractivity contribution in [3.8, 4) is 0 Å². The first-order valence-corrected chi connectivity index (χ1v) is 29.1. The first-order valence-electron chi connectivity index (χ1n) is 29.1. The molecule has 2 unspecified atom stereocenters. The van der Waals surface area contributed by atoms with Crippen LogP contribution in [0, 0.1) is 0 Å². The lowest BCUT2D eigenvalue weighted by atomic mass is 10.0. The standard InChI is InChI=1S/C59H113NO5/c1-3-5-7-9-11-13-32-37-41-45-49-53-59(64)65-54-50-46-42-38-34-31-29-27-25-23-21-19-17-15-16-18-20-22-24-26-28-30-33-36-40-44-48-52-58(63)60-56(55-61)57(62)51-47-43-39-35-14-12-10-8-6-4-2/h15-16,19,21,56-57,61-62H,3-14,17-18,20,22-55H2,1-2H3,(H,60,63)/b16-15-,21-19-. The van der Waals surface area contributed by atoms with Crippen molar-refractivity contribution in [1.82, 2.24) is 5.32 Å². The number of carbonyl (C=O) groups excluding carboxylic acids is 2. The van der Waals surface area contributed by atoms with E-state index in [4.69, 9.17) is 4.74 Å². The SMILES string of the molecule is CCCCCCCCCCCCCC(=O)OCCCCCCCCCCC/C=C\C/C=C\CCCCCCCCCCCCCC(=O)NC(CO)C(O)CCCCCCCCCCCC. The fourth-order valence-electron chi connectivity index (χ4n) is 9.02. The lowest BCUT2D eigenvalue weighted by Crippen LogP contribution is -2.45. The minimum atomic E-state index is -0.664. The normalized spacial score (nSPS) is 12.7. The van der Waals surface area contributed by atoms with Crippen LogP contribution in [-0.4, -0.2) is 47.4 Å². The Kier molecular flexibility index (Phi) is 53.5. The monoisotopic (exact) mass is 916 g/mol. The van der Waals surface area contributed by atoms with E-state index in [9.17, 15) is 19.8 Å². The number of nitrogens with one attached hydrogen (secondary N) is 1. The Morgan fingerprint density at radius 2 is 0.769 bits per heavy atom. The summed E-state index contributed by atoms with van der Waals surface area (Å²) < 4.78 is 5.46. The smallest absolute Gasteiger partial charge is 0.305 e. The van der Waals surface area contributed by atoms with Crippen LogP contribution in [-0.2, 0) is 14.3 Å². The van der Waals surface area contributed by atoms with Crippen molar-refractivity contribution in [2.24, 2.45) is 0 Å². The summed E-state index contributed by atoms with van der Waals surface area (Å²) in [5, 5.41) is 23.1. The van der Waals surface area contributed by atoms with Crippen molar-refractivity contribution < 1.29 is 24.5 Å². The molecule has 0 aliphatic rings. The molecule has 384 valence electrons. The molecule has 0 heterocycles. The summed E-state index contributed by atoms with van der Waals surface area (Å²) in [5.41, 5.74) is 0. The molecule has 2 atom stereocenters. The topological polar surface area (TPSA) is 95.9 Å². The van der Waals surface area contributed by atoms with Gasteiger partial charge in [0.1, 0.15) is 0 Å². The molecule has 3 N–H and O–H groups in total. The summed E-state index contributed by atoms with van der Waals surface area (Å²) in [4.78, 5) is 24.4. The summed E-state index contributed by atoms with van der Waals surface area (Å²) in [5.74, 6) is -0.0290. The molecule has 0 bridgehead atoms. The second-order valence-corrected chi connectivity index (χ2v) is 20.0. The van der Waals surface area contributed by atoms with Crippen molar-refractivity contribution >= 4 is 11.9 Å². The minimum absolute atomic E-state index is 0.0102. The number of esters is 1. The number of ether oxygens (including phenoxy) is 1. The van der Waals surface area contributed by atoms with Crippen molar-refractivity contribution in [3.05, 3.63) is 24.3 Å². The third-order valence-corrected chi connectivity index (χ3v) is 13.5. The van der Waals surface area contributed by atoms with Crippen molar-refractivity contribution in [1.29, 1.82) is 0 Å². The number of hydrogen-bond acceptors (Lipinski definition) is 5. The second-order valence-electron chi connectivity index (χ2n) is 20.0. The van der Waals surface area contributed by atoms with Gasteiger partial charge < -0.3 is 20.3 Å². The van der Waals surface area contributed by atoms with E-state index in [1.807, 2.05) is 0 Å². The maximum Gasteiger partial charge on any atom is 0.305 e. The van der Waals surface area contributed by atoms with Crippen molar-refractivity contribution in [2.75, 3.05) is 13.2 Å². The number of allylic oxidation sites excluding steroid dienone is 4. The highest BCUT2D eigenvalue weighted by Gasteiger charge is 2.20. The quantitative estimate of drug-likeness (QED) is 0.0321. The van der Waals surface area contributed by atoms with Crippen LogP contribution < -0.4 is 5.32 Å². The molecule has 0 aromatic carbocycles. The third kappa shape index (κ3) is 51.6. The summed E-state index contributed by atoms with van der Waals surface area (Å²) in [6, 6.07) is -0.541. The third-order valence-electron chi connectivity index (χ3n) is 13.5. The van der Waals surface area contributed by atoms with E-state index < -0.39 is 12.1 Å². The van der Waals surface area contributed by atoms with E-state index in [2.05, 4.69) is 43.5 Å². The number of aliphatic hydroxyl groups excluding tert-OH is 2. The maximum atomic E-state index is 12.4. The van der Waals surface area contributed by atoms with Crippen LogP contribution in [0.5, 0.6) is 0 Å². The minimum Gasteiger partial charge on any atom is -0.466 e. The Bertz CT molecular complexity index is 1010.